The number of tetrazole rings is 1. The zero-order chi connectivity index (χ0) is 15.5. The van der Waals surface area contributed by atoms with Crippen LogP contribution in [0.3, 0.4) is 0 Å². The van der Waals surface area contributed by atoms with Crippen molar-refractivity contribution in [1.82, 2.24) is 25.1 Å². The molecule has 1 aliphatic rings. The number of carbonyl (C=O) groups excluding carboxylic acids is 1. The second-order valence-corrected chi connectivity index (χ2v) is 5.74. The van der Waals surface area contributed by atoms with Gasteiger partial charge in [-0.2, -0.15) is 0 Å². The highest BCUT2D eigenvalue weighted by Crippen LogP contribution is 2.33. The molecule has 0 bridgehead atoms. The maximum atomic E-state index is 12.5. The van der Waals surface area contributed by atoms with Gasteiger partial charge in [-0.25, -0.2) is 4.68 Å². The van der Waals surface area contributed by atoms with E-state index < -0.39 is 0 Å². The average Bonchev–Trinajstić information content (AvgIpc) is 3.18. The molecule has 1 atom stereocenters. The van der Waals surface area contributed by atoms with E-state index in [1.165, 1.54) is 16.6 Å². The number of nitrogens with zero attached hydrogens (tertiary/aromatic N) is 6. The number of hydrogen-bond acceptors (Lipinski definition) is 5. The molecule has 0 radical (unpaired) electrons. The molecule has 3 rings (SSSR count). The smallest absolute Gasteiger partial charge is 0.244 e. The van der Waals surface area contributed by atoms with Gasteiger partial charge in [0.25, 0.3) is 0 Å². The Labute approximate surface area is 129 Å². The van der Waals surface area contributed by atoms with Crippen molar-refractivity contribution < 1.29 is 4.79 Å². The summed E-state index contributed by atoms with van der Waals surface area (Å²) in [5.41, 5.74) is 2.34. The summed E-state index contributed by atoms with van der Waals surface area (Å²) in [6.45, 7) is 0.981. The number of anilines is 1. The van der Waals surface area contributed by atoms with Gasteiger partial charge >= 0.3 is 0 Å². The van der Waals surface area contributed by atoms with Crippen molar-refractivity contribution in [2.24, 2.45) is 0 Å². The molecule has 1 aliphatic heterocycles. The number of amides is 1. The minimum atomic E-state index is 0.0602. The second-order valence-electron chi connectivity index (χ2n) is 5.74. The van der Waals surface area contributed by atoms with Crippen LogP contribution in [0, 0.1) is 0 Å². The molecule has 2 aromatic rings. The van der Waals surface area contributed by atoms with Gasteiger partial charge in [-0.3, -0.25) is 4.79 Å². The van der Waals surface area contributed by atoms with Crippen LogP contribution in [0.1, 0.15) is 24.4 Å². The molecule has 1 fully saturated rings. The molecule has 7 nitrogen and oxygen atoms in total. The van der Waals surface area contributed by atoms with E-state index in [0.717, 1.165) is 25.1 Å². The molecule has 1 aromatic heterocycles. The van der Waals surface area contributed by atoms with Crippen LogP contribution >= 0.6 is 0 Å². The van der Waals surface area contributed by atoms with Crippen LogP contribution < -0.4 is 4.90 Å². The Morgan fingerprint density at radius 3 is 3.00 bits per heavy atom. The van der Waals surface area contributed by atoms with Crippen LogP contribution in [0.15, 0.2) is 30.6 Å². The number of likely N-dealkylation sites (tertiary alicyclic amines) is 1. The number of aromatic nitrogens is 4. The molecule has 0 saturated carbocycles. The van der Waals surface area contributed by atoms with Crippen molar-refractivity contribution in [2.45, 2.75) is 25.4 Å². The molecule has 2 heterocycles. The van der Waals surface area contributed by atoms with Gasteiger partial charge < -0.3 is 9.80 Å². The maximum absolute atomic E-state index is 12.5. The Morgan fingerprint density at radius 1 is 1.41 bits per heavy atom. The lowest BCUT2D eigenvalue weighted by Gasteiger charge is -2.26. The molecule has 0 aliphatic carbocycles. The van der Waals surface area contributed by atoms with Gasteiger partial charge in [-0.15, -0.1) is 5.10 Å². The lowest BCUT2D eigenvalue weighted by atomic mass is 10.0. The van der Waals surface area contributed by atoms with E-state index in [1.54, 1.807) is 0 Å². The molecule has 0 N–H and O–H groups in total. The van der Waals surface area contributed by atoms with Crippen molar-refractivity contribution in [2.75, 3.05) is 25.5 Å². The first-order valence-electron chi connectivity index (χ1n) is 7.42. The third kappa shape index (κ3) is 2.93. The highest BCUT2D eigenvalue weighted by atomic mass is 16.2. The fourth-order valence-electron chi connectivity index (χ4n) is 2.90. The Kier molecular flexibility index (Phi) is 4.04. The lowest BCUT2D eigenvalue weighted by molar-refractivity contribution is -0.133. The third-order valence-corrected chi connectivity index (χ3v) is 4.03. The summed E-state index contributed by atoms with van der Waals surface area (Å²) in [6, 6.07) is 8.52. The van der Waals surface area contributed by atoms with Crippen molar-refractivity contribution in [1.29, 1.82) is 0 Å². The van der Waals surface area contributed by atoms with Crippen molar-refractivity contribution >= 4 is 11.6 Å². The van der Waals surface area contributed by atoms with Gasteiger partial charge in [0, 0.05) is 26.3 Å². The van der Waals surface area contributed by atoms with Crippen molar-refractivity contribution in [3.63, 3.8) is 0 Å². The van der Waals surface area contributed by atoms with Crippen molar-refractivity contribution in [3.8, 4) is 0 Å². The summed E-state index contributed by atoms with van der Waals surface area (Å²) in [7, 11) is 4.04. The molecule has 1 amide bonds. The highest BCUT2D eigenvalue weighted by Gasteiger charge is 2.30. The number of carbonyl (C=O) groups is 1. The number of rotatable bonds is 4. The van der Waals surface area contributed by atoms with E-state index in [1.807, 2.05) is 25.1 Å². The van der Waals surface area contributed by atoms with Gasteiger partial charge in [-0.05, 0) is 41.0 Å². The first-order chi connectivity index (χ1) is 10.6. The van der Waals surface area contributed by atoms with E-state index in [0.29, 0.717) is 0 Å². The van der Waals surface area contributed by atoms with Crippen LogP contribution in [-0.2, 0) is 11.3 Å². The monoisotopic (exact) mass is 300 g/mol. The quantitative estimate of drug-likeness (QED) is 0.846. The molecule has 1 unspecified atom stereocenters. The minimum absolute atomic E-state index is 0.0602. The van der Waals surface area contributed by atoms with Gasteiger partial charge in [0.1, 0.15) is 12.9 Å². The van der Waals surface area contributed by atoms with Crippen molar-refractivity contribution in [3.05, 3.63) is 36.2 Å². The Balaban J connectivity index is 1.78. The van der Waals surface area contributed by atoms with Gasteiger partial charge in [0.05, 0.1) is 6.04 Å². The number of hydrogen-bond donors (Lipinski definition) is 0. The van der Waals surface area contributed by atoms with E-state index in [-0.39, 0.29) is 18.5 Å². The average molecular weight is 300 g/mol. The van der Waals surface area contributed by atoms with E-state index >= 15 is 0 Å². The highest BCUT2D eigenvalue weighted by molar-refractivity contribution is 5.76. The minimum Gasteiger partial charge on any atom is -0.378 e. The van der Waals surface area contributed by atoms with Crippen LogP contribution in [0.2, 0.25) is 0 Å². The number of benzene rings is 1. The molecule has 1 aromatic carbocycles. The van der Waals surface area contributed by atoms with Crippen LogP contribution in [0.4, 0.5) is 5.69 Å². The third-order valence-electron chi connectivity index (χ3n) is 4.03. The Morgan fingerprint density at radius 2 is 2.27 bits per heavy atom. The molecule has 7 heteroatoms. The van der Waals surface area contributed by atoms with Crippen LogP contribution in [-0.4, -0.2) is 51.7 Å². The van der Waals surface area contributed by atoms with E-state index in [9.17, 15) is 4.79 Å². The predicted molar refractivity (Wildman–Crippen MR) is 82.3 cm³/mol. The topological polar surface area (TPSA) is 67.2 Å². The fourth-order valence-corrected chi connectivity index (χ4v) is 2.90. The maximum Gasteiger partial charge on any atom is 0.244 e. The zero-order valence-electron chi connectivity index (χ0n) is 12.9. The van der Waals surface area contributed by atoms with Crippen LogP contribution in [0.25, 0.3) is 0 Å². The predicted octanol–water partition coefficient (Wildman–Crippen LogP) is 1.10. The fraction of sp³-hybridized carbons (Fsp3) is 0.467. The van der Waals surface area contributed by atoms with Gasteiger partial charge in [0.2, 0.25) is 5.91 Å². The SMILES string of the molecule is CN(C)c1cccc(C2CCCN2C(=O)Cn2cnnn2)c1. The molecule has 22 heavy (non-hydrogen) atoms. The van der Waals surface area contributed by atoms with E-state index in [2.05, 4.69) is 38.6 Å². The summed E-state index contributed by atoms with van der Waals surface area (Å²) in [5.74, 6) is 0.0602. The largest absolute Gasteiger partial charge is 0.378 e. The first-order valence-corrected chi connectivity index (χ1v) is 7.42. The Bertz CT molecular complexity index is 639. The summed E-state index contributed by atoms with van der Waals surface area (Å²) < 4.78 is 1.47. The molecule has 116 valence electrons. The van der Waals surface area contributed by atoms with Crippen LogP contribution in [0.5, 0.6) is 0 Å². The molecular formula is C15H20N6O. The van der Waals surface area contributed by atoms with E-state index in [4.69, 9.17) is 0 Å². The first kappa shape index (κ1) is 14.5. The lowest BCUT2D eigenvalue weighted by Crippen LogP contribution is -2.33. The second kappa shape index (κ2) is 6.13. The molecule has 1 saturated heterocycles. The summed E-state index contributed by atoms with van der Waals surface area (Å²) in [4.78, 5) is 16.5. The molecule has 0 spiro atoms. The Hall–Kier alpha value is -2.44. The summed E-state index contributed by atoms with van der Waals surface area (Å²) >= 11 is 0. The summed E-state index contributed by atoms with van der Waals surface area (Å²) in [5, 5.41) is 10.9. The molecular weight excluding hydrogens is 280 g/mol. The summed E-state index contributed by atoms with van der Waals surface area (Å²) in [6.07, 6.45) is 3.49. The van der Waals surface area contributed by atoms with Gasteiger partial charge in [0.15, 0.2) is 0 Å². The standard InChI is InChI=1S/C15H20N6O/c1-19(2)13-6-3-5-12(9-13)14-7-4-8-21(14)15(22)10-20-11-16-17-18-20/h3,5-6,9,11,14H,4,7-8,10H2,1-2H3. The normalized spacial score (nSPS) is 17.7. The zero-order valence-corrected chi connectivity index (χ0v) is 12.9. The van der Waals surface area contributed by atoms with Gasteiger partial charge in [-0.1, -0.05) is 12.1 Å².